The molecule has 0 bridgehead atoms. The van der Waals surface area contributed by atoms with E-state index in [-0.39, 0.29) is 24.0 Å². The first-order valence-electron chi connectivity index (χ1n) is 7.55. The van der Waals surface area contributed by atoms with Crippen LogP contribution in [0.25, 0.3) is 0 Å². The van der Waals surface area contributed by atoms with Gasteiger partial charge in [0.1, 0.15) is 0 Å². The summed E-state index contributed by atoms with van der Waals surface area (Å²) in [6, 6.07) is 7.18. The van der Waals surface area contributed by atoms with Crippen LogP contribution in [0.1, 0.15) is 29.2 Å². The number of halogens is 3. The van der Waals surface area contributed by atoms with Crippen molar-refractivity contribution in [2.45, 2.75) is 29.8 Å². The molecule has 0 fully saturated rings. The number of rotatable bonds is 8. The van der Waals surface area contributed by atoms with Crippen LogP contribution in [0.15, 0.2) is 46.7 Å². The standard InChI is InChI=1S/C16H18F3NO3S2/c17-16(18,19)13-3-5-14(6-4-13)25(22,23)20-9-7-12(8-10-21)15-2-1-11-24-15/h1-6,11-12,20-21H,7-10H2/t12-/m0/s1. The summed E-state index contributed by atoms with van der Waals surface area (Å²) in [5, 5.41) is 11.0. The molecule has 1 atom stereocenters. The third-order valence-electron chi connectivity index (χ3n) is 3.70. The summed E-state index contributed by atoms with van der Waals surface area (Å²) in [4.78, 5) is 0.845. The lowest BCUT2D eigenvalue weighted by Gasteiger charge is -2.15. The van der Waals surface area contributed by atoms with Crippen LogP contribution >= 0.6 is 11.3 Å². The van der Waals surface area contributed by atoms with E-state index in [1.165, 1.54) is 11.3 Å². The van der Waals surface area contributed by atoms with E-state index in [9.17, 15) is 21.6 Å². The first-order valence-corrected chi connectivity index (χ1v) is 9.91. The van der Waals surface area contributed by atoms with Crippen molar-refractivity contribution < 1.29 is 26.7 Å². The molecule has 0 unspecified atom stereocenters. The average molecular weight is 393 g/mol. The molecule has 1 aromatic heterocycles. The number of aliphatic hydroxyl groups excluding tert-OH is 1. The highest BCUT2D eigenvalue weighted by Crippen LogP contribution is 2.30. The van der Waals surface area contributed by atoms with Gasteiger partial charge in [0.05, 0.1) is 10.5 Å². The number of benzene rings is 1. The van der Waals surface area contributed by atoms with E-state index in [2.05, 4.69) is 4.72 Å². The lowest BCUT2D eigenvalue weighted by Crippen LogP contribution is -2.26. The molecule has 0 aliphatic carbocycles. The van der Waals surface area contributed by atoms with Crippen molar-refractivity contribution in [3.05, 3.63) is 52.2 Å². The summed E-state index contributed by atoms with van der Waals surface area (Å²) < 4.78 is 64.3. The van der Waals surface area contributed by atoms with Gasteiger partial charge in [0.15, 0.2) is 0 Å². The van der Waals surface area contributed by atoms with Crippen LogP contribution in [0.4, 0.5) is 13.2 Å². The molecule has 1 heterocycles. The lowest BCUT2D eigenvalue weighted by molar-refractivity contribution is -0.137. The first-order chi connectivity index (χ1) is 11.7. The molecule has 0 saturated carbocycles. The van der Waals surface area contributed by atoms with Crippen LogP contribution in [0, 0.1) is 0 Å². The van der Waals surface area contributed by atoms with Crippen molar-refractivity contribution in [3.63, 3.8) is 0 Å². The van der Waals surface area contributed by atoms with Gasteiger partial charge in [-0.2, -0.15) is 13.2 Å². The second-order valence-electron chi connectivity index (χ2n) is 5.43. The normalized spacial score (nSPS) is 13.8. The minimum absolute atomic E-state index is 0.00573. The van der Waals surface area contributed by atoms with Crippen molar-refractivity contribution in [1.82, 2.24) is 4.72 Å². The van der Waals surface area contributed by atoms with Crippen molar-refractivity contribution in [2.75, 3.05) is 13.2 Å². The SMILES string of the molecule is O=S(=O)(NCC[C@@H](CCO)c1cccs1)c1ccc(C(F)(F)F)cc1. The maximum atomic E-state index is 12.5. The number of hydrogen-bond acceptors (Lipinski definition) is 4. The average Bonchev–Trinajstić information content (AvgIpc) is 3.07. The Morgan fingerprint density at radius 3 is 2.32 bits per heavy atom. The molecule has 2 aromatic rings. The van der Waals surface area contributed by atoms with Gasteiger partial charge >= 0.3 is 6.18 Å². The third kappa shape index (κ3) is 5.53. The van der Waals surface area contributed by atoms with Gasteiger partial charge in [0, 0.05) is 18.0 Å². The smallest absolute Gasteiger partial charge is 0.396 e. The van der Waals surface area contributed by atoms with E-state index in [0.29, 0.717) is 12.8 Å². The van der Waals surface area contributed by atoms with Crippen LogP contribution < -0.4 is 4.72 Å². The summed E-state index contributed by atoms with van der Waals surface area (Å²) in [7, 11) is -3.88. The Labute approximate surface area is 148 Å². The Hall–Kier alpha value is -1.42. The third-order valence-corrected chi connectivity index (χ3v) is 6.21. The van der Waals surface area contributed by atoms with Crippen LogP contribution in [0.3, 0.4) is 0 Å². The second kappa shape index (κ2) is 8.31. The Morgan fingerprint density at radius 1 is 1.12 bits per heavy atom. The predicted octanol–water partition coefficient (Wildman–Crippen LogP) is 3.60. The molecule has 0 radical (unpaired) electrons. The number of hydrogen-bond donors (Lipinski definition) is 2. The van der Waals surface area contributed by atoms with Gasteiger partial charge < -0.3 is 5.11 Å². The van der Waals surface area contributed by atoms with Crippen molar-refractivity contribution in [3.8, 4) is 0 Å². The molecule has 0 amide bonds. The monoisotopic (exact) mass is 393 g/mol. The van der Waals surface area contributed by atoms with Gasteiger partial charge in [0.2, 0.25) is 10.0 Å². The fourth-order valence-corrected chi connectivity index (χ4v) is 4.33. The number of thiophene rings is 1. The molecule has 0 spiro atoms. The second-order valence-corrected chi connectivity index (χ2v) is 8.18. The van der Waals surface area contributed by atoms with Gasteiger partial charge in [-0.3, -0.25) is 0 Å². The van der Waals surface area contributed by atoms with Crippen molar-refractivity contribution in [2.24, 2.45) is 0 Å². The van der Waals surface area contributed by atoms with E-state index in [1.54, 1.807) is 0 Å². The van der Waals surface area contributed by atoms with Crippen LogP contribution in [-0.4, -0.2) is 26.7 Å². The lowest BCUT2D eigenvalue weighted by atomic mass is 10.0. The maximum absolute atomic E-state index is 12.5. The number of aliphatic hydroxyl groups is 1. The van der Waals surface area contributed by atoms with Crippen LogP contribution in [0.2, 0.25) is 0 Å². The molecular formula is C16H18F3NO3S2. The van der Waals surface area contributed by atoms with Crippen LogP contribution in [0.5, 0.6) is 0 Å². The predicted molar refractivity (Wildman–Crippen MR) is 90.0 cm³/mol. The Balaban J connectivity index is 1.99. The Morgan fingerprint density at radius 2 is 1.80 bits per heavy atom. The summed E-state index contributed by atoms with van der Waals surface area (Å²) >= 11 is 1.53. The van der Waals surface area contributed by atoms with Gasteiger partial charge in [-0.15, -0.1) is 11.3 Å². The highest BCUT2D eigenvalue weighted by molar-refractivity contribution is 7.89. The Kier molecular flexibility index (Phi) is 6.61. The quantitative estimate of drug-likeness (QED) is 0.720. The molecule has 0 saturated heterocycles. The number of nitrogens with one attached hydrogen (secondary N) is 1. The highest BCUT2D eigenvalue weighted by atomic mass is 32.2. The maximum Gasteiger partial charge on any atom is 0.416 e. The van der Waals surface area contributed by atoms with Gasteiger partial charge in [-0.1, -0.05) is 6.07 Å². The molecule has 0 aliphatic rings. The molecule has 0 aliphatic heterocycles. The van der Waals surface area contributed by atoms with E-state index in [1.807, 2.05) is 17.5 Å². The molecular weight excluding hydrogens is 375 g/mol. The number of alkyl halides is 3. The van der Waals surface area contributed by atoms with Gasteiger partial charge in [-0.05, 0) is 54.5 Å². The zero-order valence-corrected chi connectivity index (χ0v) is 14.8. The topological polar surface area (TPSA) is 66.4 Å². The summed E-state index contributed by atoms with van der Waals surface area (Å²) in [6.07, 6.45) is -3.50. The molecule has 2 rings (SSSR count). The minimum atomic E-state index is -4.51. The molecule has 25 heavy (non-hydrogen) atoms. The molecule has 4 nitrogen and oxygen atoms in total. The van der Waals surface area contributed by atoms with E-state index in [0.717, 1.165) is 29.1 Å². The van der Waals surface area contributed by atoms with Gasteiger partial charge in [0.25, 0.3) is 0 Å². The molecule has 9 heteroatoms. The Bertz CT molecular complexity index is 757. The first kappa shape index (κ1) is 19.9. The minimum Gasteiger partial charge on any atom is -0.396 e. The summed E-state index contributed by atoms with van der Waals surface area (Å²) in [5.41, 5.74) is -0.896. The van der Waals surface area contributed by atoms with Crippen molar-refractivity contribution >= 4 is 21.4 Å². The summed E-state index contributed by atoms with van der Waals surface area (Å²) in [5.74, 6) is 0.0281. The summed E-state index contributed by atoms with van der Waals surface area (Å²) in [6.45, 7) is 0.125. The van der Waals surface area contributed by atoms with Crippen LogP contribution in [-0.2, 0) is 16.2 Å². The molecule has 2 N–H and O–H groups in total. The highest BCUT2D eigenvalue weighted by Gasteiger charge is 2.30. The van der Waals surface area contributed by atoms with Crippen molar-refractivity contribution in [1.29, 1.82) is 0 Å². The van der Waals surface area contributed by atoms with Gasteiger partial charge in [-0.25, -0.2) is 13.1 Å². The fourth-order valence-electron chi connectivity index (χ4n) is 2.38. The molecule has 1 aromatic carbocycles. The zero-order chi connectivity index (χ0) is 18.5. The van der Waals surface area contributed by atoms with E-state index >= 15 is 0 Å². The molecule has 138 valence electrons. The fraction of sp³-hybridized carbons (Fsp3) is 0.375. The number of sulfonamides is 1. The largest absolute Gasteiger partial charge is 0.416 e. The van der Waals surface area contributed by atoms with E-state index in [4.69, 9.17) is 5.11 Å². The zero-order valence-electron chi connectivity index (χ0n) is 13.2. The van der Waals surface area contributed by atoms with E-state index < -0.39 is 21.8 Å².